The molecule has 7 heteroatoms. The van der Waals surface area contributed by atoms with Crippen molar-refractivity contribution in [3.05, 3.63) is 0 Å². The van der Waals surface area contributed by atoms with Gasteiger partial charge in [-0.25, -0.2) is 4.79 Å². The van der Waals surface area contributed by atoms with Crippen LogP contribution < -0.4 is 0 Å². The summed E-state index contributed by atoms with van der Waals surface area (Å²) in [6, 6.07) is 1.06. The lowest BCUT2D eigenvalue weighted by molar-refractivity contribution is -0.194. The van der Waals surface area contributed by atoms with E-state index in [2.05, 4.69) is 6.07 Å². The molecule has 0 radical (unpaired) electrons. The van der Waals surface area contributed by atoms with Gasteiger partial charge in [0.25, 0.3) is 0 Å². The molecule has 7 nitrogen and oxygen atoms in total. The van der Waals surface area contributed by atoms with Gasteiger partial charge in [-0.05, 0) is 89.9 Å². The monoisotopic (exact) mass is 415 g/mol. The number of carboxylic acid groups (broad SMARTS) is 1. The third kappa shape index (κ3) is 2.86. The van der Waals surface area contributed by atoms with Crippen LogP contribution in [0.1, 0.15) is 72.1 Å². The fraction of sp³-hybridized carbons (Fsp3) is 0.870. The molecule has 6 fully saturated rings. The average molecular weight is 416 g/mol. The summed E-state index contributed by atoms with van der Waals surface area (Å²) in [7, 11) is 0. The van der Waals surface area contributed by atoms with Crippen molar-refractivity contribution >= 4 is 12.0 Å². The average Bonchev–Trinajstić information content (AvgIpc) is 3.25. The Morgan fingerprint density at radius 2 is 1.77 bits per heavy atom. The van der Waals surface area contributed by atoms with Gasteiger partial charge in [-0.2, -0.15) is 5.26 Å². The molecule has 5 saturated carbocycles. The first kappa shape index (κ1) is 20.1. The molecule has 164 valence electrons. The van der Waals surface area contributed by atoms with E-state index < -0.39 is 34.7 Å². The highest BCUT2D eigenvalue weighted by molar-refractivity contribution is 5.88. The van der Waals surface area contributed by atoms with Crippen molar-refractivity contribution in [3.8, 4) is 6.07 Å². The van der Waals surface area contributed by atoms with Crippen molar-refractivity contribution in [1.29, 1.82) is 5.26 Å². The van der Waals surface area contributed by atoms with Crippen molar-refractivity contribution in [2.75, 3.05) is 0 Å². The van der Waals surface area contributed by atoms with Crippen LogP contribution in [0.5, 0.6) is 0 Å². The van der Waals surface area contributed by atoms with Crippen LogP contribution in [0.3, 0.4) is 0 Å². The molecule has 4 bridgehead atoms. The summed E-state index contributed by atoms with van der Waals surface area (Å²) in [5.74, 6) is 0.879. The van der Waals surface area contributed by atoms with Crippen LogP contribution in [0.25, 0.3) is 0 Å². The van der Waals surface area contributed by atoms with Crippen LogP contribution in [0.2, 0.25) is 0 Å². The van der Waals surface area contributed by atoms with Gasteiger partial charge in [0.2, 0.25) is 5.91 Å². The summed E-state index contributed by atoms with van der Waals surface area (Å²) in [6.45, 7) is 5.51. The van der Waals surface area contributed by atoms with E-state index in [4.69, 9.17) is 0 Å². The first-order chi connectivity index (χ1) is 14.0. The highest BCUT2D eigenvalue weighted by atomic mass is 16.4. The summed E-state index contributed by atoms with van der Waals surface area (Å²) in [5.41, 5.74) is -2.09. The standard InChI is InChI=1S/C23H33N3O4/c1-21(2,3)26(20(28)29)18(19(27)25-16(11-24)5-15-6-17(15)25)22-7-13-4-14(8-22)10-23(30,9-13)12-22/h13-18,30H,4-10,12H2,1-3H3,(H,28,29)/t13-,14+,15-,16+,17+,18-,22?,23?/m1/s1. The normalized spacial score (nSPS) is 44.4. The number of nitrogens with zero attached hydrogens (tertiary/aromatic N) is 3. The lowest BCUT2D eigenvalue weighted by Crippen LogP contribution is -2.69. The summed E-state index contributed by atoms with van der Waals surface area (Å²) in [5, 5.41) is 31.2. The van der Waals surface area contributed by atoms with Crippen molar-refractivity contribution in [1.82, 2.24) is 9.80 Å². The van der Waals surface area contributed by atoms with Gasteiger partial charge in [0, 0.05) is 17.0 Å². The molecule has 2 amide bonds. The smallest absolute Gasteiger partial charge is 0.408 e. The summed E-state index contributed by atoms with van der Waals surface area (Å²) >= 11 is 0. The summed E-state index contributed by atoms with van der Waals surface area (Å²) in [6.07, 6.45) is 5.21. The molecular weight excluding hydrogens is 382 g/mol. The van der Waals surface area contributed by atoms with Crippen LogP contribution in [-0.4, -0.2) is 61.3 Å². The number of nitriles is 1. The number of hydrogen-bond acceptors (Lipinski definition) is 4. The van der Waals surface area contributed by atoms with Gasteiger partial charge in [-0.3, -0.25) is 9.69 Å². The zero-order valence-electron chi connectivity index (χ0n) is 18.2. The molecule has 2 N–H and O–H groups in total. The number of aliphatic hydroxyl groups is 1. The summed E-state index contributed by atoms with van der Waals surface area (Å²) < 4.78 is 0. The van der Waals surface area contributed by atoms with E-state index in [-0.39, 0.29) is 11.9 Å². The molecule has 1 aliphatic heterocycles. The lowest BCUT2D eigenvalue weighted by atomic mass is 9.45. The molecule has 1 heterocycles. The second-order valence-corrected chi connectivity index (χ2v) is 12.0. The van der Waals surface area contributed by atoms with Crippen molar-refractivity contribution in [2.45, 2.75) is 101 Å². The Balaban J connectivity index is 1.60. The number of piperidine rings is 1. The Morgan fingerprint density at radius 3 is 2.27 bits per heavy atom. The minimum atomic E-state index is -1.09. The van der Waals surface area contributed by atoms with Crippen molar-refractivity contribution in [2.24, 2.45) is 23.2 Å². The van der Waals surface area contributed by atoms with Crippen LogP contribution in [-0.2, 0) is 4.79 Å². The lowest BCUT2D eigenvalue weighted by Gasteiger charge is -2.64. The maximum absolute atomic E-state index is 14.2. The molecule has 2 unspecified atom stereocenters. The van der Waals surface area contributed by atoms with E-state index in [0.717, 1.165) is 38.5 Å². The van der Waals surface area contributed by atoms with Gasteiger partial charge in [0.15, 0.2) is 0 Å². The topological polar surface area (TPSA) is 105 Å². The number of hydrogen-bond donors (Lipinski definition) is 2. The van der Waals surface area contributed by atoms with Gasteiger partial charge in [0.05, 0.1) is 11.7 Å². The number of amides is 2. The Kier molecular flexibility index (Phi) is 4.10. The van der Waals surface area contributed by atoms with Gasteiger partial charge in [-0.15, -0.1) is 0 Å². The largest absolute Gasteiger partial charge is 0.465 e. The molecule has 1 saturated heterocycles. The number of carbonyl (C=O) groups excluding carboxylic acids is 1. The Labute approximate surface area is 178 Å². The third-order valence-corrected chi connectivity index (χ3v) is 8.58. The SMILES string of the molecule is CC(C)(C)N(C(=O)O)[C@H](C(=O)N1[C@H](C#N)C[C@@H]2C[C@@H]21)C12C[C@@H]3C[C@@H](CC(O)(C3)C1)C2. The Morgan fingerprint density at radius 1 is 1.13 bits per heavy atom. The van der Waals surface area contributed by atoms with E-state index in [1.54, 1.807) is 4.90 Å². The highest BCUT2D eigenvalue weighted by Gasteiger charge is 2.65. The molecule has 30 heavy (non-hydrogen) atoms. The first-order valence-electron chi connectivity index (χ1n) is 11.4. The molecule has 0 aromatic heterocycles. The van der Waals surface area contributed by atoms with Gasteiger partial charge >= 0.3 is 6.09 Å². The van der Waals surface area contributed by atoms with Crippen LogP contribution in [0.4, 0.5) is 4.79 Å². The highest BCUT2D eigenvalue weighted by Crippen LogP contribution is 2.64. The Bertz CT molecular complexity index is 813. The second-order valence-electron chi connectivity index (χ2n) is 12.0. The molecule has 0 aromatic carbocycles. The van der Waals surface area contributed by atoms with Gasteiger partial charge < -0.3 is 15.1 Å². The van der Waals surface area contributed by atoms with E-state index in [0.29, 0.717) is 30.6 Å². The third-order valence-electron chi connectivity index (χ3n) is 8.58. The molecule has 5 aliphatic carbocycles. The Hall–Kier alpha value is -1.81. The fourth-order valence-corrected chi connectivity index (χ4v) is 8.07. The van der Waals surface area contributed by atoms with E-state index in [1.165, 1.54) is 4.90 Å². The molecule has 6 aliphatic rings. The van der Waals surface area contributed by atoms with Crippen LogP contribution in [0, 0.1) is 34.5 Å². The minimum absolute atomic E-state index is 0.0808. The number of fused-ring (bicyclic) bond motifs is 1. The maximum Gasteiger partial charge on any atom is 0.408 e. The van der Waals surface area contributed by atoms with Crippen LogP contribution >= 0.6 is 0 Å². The van der Waals surface area contributed by atoms with Gasteiger partial charge in [0.1, 0.15) is 12.1 Å². The van der Waals surface area contributed by atoms with Crippen molar-refractivity contribution < 1.29 is 19.8 Å². The molecular formula is C23H33N3O4. The number of rotatable bonds is 3. The number of likely N-dealkylation sites (tertiary alicyclic amines) is 1. The van der Waals surface area contributed by atoms with E-state index in [9.17, 15) is 25.1 Å². The zero-order valence-corrected chi connectivity index (χ0v) is 18.2. The van der Waals surface area contributed by atoms with E-state index >= 15 is 0 Å². The predicted octanol–water partition coefficient (Wildman–Crippen LogP) is 2.98. The van der Waals surface area contributed by atoms with Crippen molar-refractivity contribution in [3.63, 3.8) is 0 Å². The quantitative estimate of drug-likeness (QED) is 0.737. The predicted molar refractivity (Wildman–Crippen MR) is 108 cm³/mol. The van der Waals surface area contributed by atoms with E-state index in [1.807, 2.05) is 20.8 Å². The molecule has 0 spiro atoms. The minimum Gasteiger partial charge on any atom is -0.465 e. The molecule has 0 aromatic rings. The summed E-state index contributed by atoms with van der Waals surface area (Å²) in [4.78, 5) is 29.8. The fourth-order valence-electron chi connectivity index (χ4n) is 8.07. The second kappa shape index (κ2) is 6.12. The molecule has 8 atom stereocenters. The van der Waals surface area contributed by atoms with Crippen LogP contribution in [0.15, 0.2) is 0 Å². The maximum atomic E-state index is 14.2. The number of carbonyl (C=O) groups is 2. The zero-order chi connectivity index (χ0) is 21.6. The molecule has 6 rings (SSSR count). The first-order valence-corrected chi connectivity index (χ1v) is 11.4. The van der Waals surface area contributed by atoms with Gasteiger partial charge in [-0.1, -0.05) is 0 Å².